The molecule has 0 unspecified atom stereocenters. The number of nitrogens with zero attached hydrogens (tertiary/aromatic N) is 3. The summed E-state index contributed by atoms with van der Waals surface area (Å²) >= 11 is 1.86. The van der Waals surface area contributed by atoms with E-state index in [9.17, 15) is 4.79 Å². The van der Waals surface area contributed by atoms with Gasteiger partial charge in [-0.05, 0) is 36.1 Å². The first-order valence-corrected chi connectivity index (χ1v) is 10.1. The highest BCUT2D eigenvalue weighted by Gasteiger charge is 2.47. The zero-order valence-corrected chi connectivity index (χ0v) is 16.0. The Balaban J connectivity index is 1.33. The van der Waals surface area contributed by atoms with Gasteiger partial charge in [-0.1, -0.05) is 24.3 Å². The fourth-order valence-electron chi connectivity index (χ4n) is 4.20. The number of amides is 1. The van der Waals surface area contributed by atoms with Crippen molar-refractivity contribution in [1.29, 1.82) is 0 Å². The molecular weight excluding hydrogens is 358 g/mol. The second-order valence-electron chi connectivity index (χ2n) is 7.27. The van der Waals surface area contributed by atoms with Gasteiger partial charge >= 0.3 is 6.09 Å². The van der Waals surface area contributed by atoms with Crippen molar-refractivity contribution in [2.24, 2.45) is 0 Å². The molecule has 5 rings (SSSR count). The summed E-state index contributed by atoms with van der Waals surface area (Å²) in [6.45, 7) is 5.24. The Kier molecular flexibility index (Phi) is 4.10. The van der Waals surface area contributed by atoms with Crippen LogP contribution in [0.3, 0.4) is 0 Å². The van der Waals surface area contributed by atoms with E-state index in [-0.39, 0.29) is 18.2 Å². The summed E-state index contributed by atoms with van der Waals surface area (Å²) in [7, 11) is 0. The Morgan fingerprint density at radius 3 is 2.85 bits per heavy atom. The number of likely N-dealkylation sites (tertiary alicyclic amines) is 1. The van der Waals surface area contributed by atoms with Gasteiger partial charge in [0.15, 0.2) is 0 Å². The van der Waals surface area contributed by atoms with Crippen molar-refractivity contribution in [3.63, 3.8) is 0 Å². The molecule has 3 aromatic rings. The van der Waals surface area contributed by atoms with E-state index in [4.69, 9.17) is 4.74 Å². The summed E-state index contributed by atoms with van der Waals surface area (Å²) in [4.78, 5) is 22.3. The molecular formula is C21H21N3O2S. The molecule has 2 aliphatic rings. The van der Waals surface area contributed by atoms with Crippen LogP contribution in [0.2, 0.25) is 0 Å². The molecule has 2 saturated heterocycles. The molecule has 2 atom stereocenters. The Morgan fingerprint density at radius 1 is 1.15 bits per heavy atom. The van der Waals surface area contributed by atoms with Crippen molar-refractivity contribution in [2.45, 2.75) is 32.2 Å². The number of benzene rings is 1. The summed E-state index contributed by atoms with van der Waals surface area (Å²) in [5, 5.41) is 1.35. The largest absolute Gasteiger partial charge is 0.442 e. The SMILES string of the molecule is Cc1sc2ccccc2c1CN1C[C@@H]2OC(=O)N(Cc3ccccn3)[C@@H]2C1. The lowest BCUT2D eigenvalue weighted by atomic mass is 10.1. The van der Waals surface area contributed by atoms with Crippen molar-refractivity contribution in [3.05, 3.63) is 64.8 Å². The first kappa shape index (κ1) is 16.7. The molecule has 5 nitrogen and oxygen atoms in total. The predicted octanol–water partition coefficient (Wildman–Crippen LogP) is 3.81. The smallest absolute Gasteiger partial charge is 0.410 e. The summed E-state index contributed by atoms with van der Waals surface area (Å²) in [6.07, 6.45) is 1.50. The highest BCUT2D eigenvalue weighted by molar-refractivity contribution is 7.19. The van der Waals surface area contributed by atoms with Crippen LogP contribution in [0.1, 0.15) is 16.1 Å². The number of carbonyl (C=O) groups excluding carboxylic acids is 1. The molecule has 27 heavy (non-hydrogen) atoms. The lowest BCUT2D eigenvalue weighted by Gasteiger charge is -2.22. The van der Waals surface area contributed by atoms with Crippen LogP contribution in [-0.4, -0.2) is 46.1 Å². The topological polar surface area (TPSA) is 45.7 Å². The molecule has 6 heteroatoms. The minimum absolute atomic E-state index is 0.0496. The number of aryl methyl sites for hydroxylation is 1. The van der Waals surface area contributed by atoms with Crippen LogP contribution in [0.15, 0.2) is 48.7 Å². The number of hydrogen-bond acceptors (Lipinski definition) is 5. The van der Waals surface area contributed by atoms with Gasteiger partial charge in [0.1, 0.15) is 6.10 Å². The third-order valence-electron chi connectivity index (χ3n) is 5.54. The van der Waals surface area contributed by atoms with Crippen molar-refractivity contribution in [1.82, 2.24) is 14.8 Å². The molecule has 0 aliphatic carbocycles. The lowest BCUT2D eigenvalue weighted by Crippen LogP contribution is -2.37. The summed E-state index contributed by atoms with van der Waals surface area (Å²) in [5.74, 6) is 0. The van der Waals surface area contributed by atoms with E-state index < -0.39 is 0 Å². The number of fused-ring (bicyclic) bond motifs is 2. The third kappa shape index (κ3) is 2.99. The number of thiophene rings is 1. The summed E-state index contributed by atoms with van der Waals surface area (Å²) < 4.78 is 7.00. The highest BCUT2D eigenvalue weighted by Crippen LogP contribution is 2.34. The number of rotatable bonds is 4. The van der Waals surface area contributed by atoms with E-state index >= 15 is 0 Å². The van der Waals surface area contributed by atoms with Crippen LogP contribution in [0.5, 0.6) is 0 Å². The minimum atomic E-state index is -0.215. The first-order chi connectivity index (χ1) is 13.2. The van der Waals surface area contributed by atoms with Crippen LogP contribution in [0.4, 0.5) is 4.79 Å². The standard InChI is InChI=1S/C21H21N3O2S/c1-14-17(16-7-2-3-8-20(16)27-14)11-23-12-18-19(13-23)26-21(25)24(18)10-15-6-4-5-9-22-15/h2-9,18-19H,10-13H2,1H3/t18-,19+/m1/s1. The Bertz CT molecular complexity index is 988. The van der Waals surface area contributed by atoms with Crippen molar-refractivity contribution >= 4 is 27.5 Å². The monoisotopic (exact) mass is 379 g/mol. The lowest BCUT2D eigenvalue weighted by molar-refractivity contribution is 0.119. The normalized spacial score (nSPS) is 22.4. The zero-order valence-electron chi connectivity index (χ0n) is 15.2. The van der Waals surface area contributed by atoms with E-state index in [0.29, 0.717) is 6.54 Å². The molecule has 4 heterocycles. The molecule has 0 bridgehead atoms. The number of pyridine rings is 1. The van der Waals surface area contributed by atoms with Gasteiger partial charge in [0, 0.05) is 35.4 Å². The zero-order chi connectivity index (χ0) is 18.4. The van der Waals surface area contributed by atoms with E-state index in [1.54, 1.807) is 6.20 Å². The Hall–Kier alpha value is -2.44. The molecule has 1 aromatic carbocycles. The molecule has 138 valence electrons. The molecule has 2 aliphatic heterocycles. The van der Waals surface area contributed by atoms with Gasteiger partial charge in [-0.15, -0.1) is 11.3 Å². The summed E-state index contributed by atoms with van der Waals surface area (Å²) in [5.41, 5.74) is 2.30. The maximum absolute atomic E-state index is 12.3. The van der Waals surface area contributed by atoms with Gasteiger partial charge in [-0.2, -0.15) is 0 Å². The van der Waals surface area contributed by atoms with Crippen LogP contribution >= 0.6 is 11.3 Å². The highest BCUT2D eigenvalue weighted by atomic mass is 32.1. The van der Waals surface area contributed by atoms with Crippen molar-refractivity contribution < 1.29 is 9.53 Å². The van der Waals surface area contributed by atoms with Crippen LogP contribution in [-0.2, 0) is 17.8 Å². The van der Waals surface area contributed by atoms with Crippen LogP contribution in [0, 0.1) is 6.92 Å². The Labute approximate surface area is 162 Å². The van der Waals surface area contributed by atoms with Gasteiger partial charge in [0.05, 0.1) is 18.3 Å². The third-order valence-corrected chi connectivity index (χ3v) is 6.67. The number of ether oxygens (including phenoxy) is 1. The van der Waals surface area contributed by atoms with Crippen LogP contribution < -0.4 is 0 Å². The molecule has 0 spiro atoms. The number of aromatic nitrogens is 1. The predicted molar refractivity (Wildman–Crippen MR) is 106 cm³/mol. The second kappa shape index (κ2) is 6.62. The minimum Gasteiger partial charge on any atom is -0.442 e. The number of hydrogen-bond donors (Lipinski definition) is 0. The molecule has 2 fully saturated rings. The molecule has 2 aromatic heterocycles. The van der Waals surface area contributed by atoms with E-state index in [0.717, 1.165) is 25.3 Å². The first-order valence-electron chi connectivity index (χ1n) is 9.25. The van der Waals surface area contributed by atoms with E-state index in [1.165, 1.54) is 20.5 Å². The van der Waals surface area contributed by atoms with Gasteiger partial charge in [-0.25, -0.2) is 4.79 Å². The van der Waals surface area contributed by atoms with Crippen molar-refractivity contribution in [3.8, 4) is 0 Å². The maximum Gasteiger partial charge on any atom is 0.410 e. The average molecular weight is 379 g/mol. The van der Waals surface area contributed by atoms with Gasteiger partial charge < -0.3 is 4.74 Å². The van der Waals surface area contributed by atoms with Gasteiger partial charge in [-0.3, -0.25) is 14.8 Å². The van der Waals surface area contributed by atoms with E-state index in [2.05, 4.69) is 41.1 Å². The van der Waals surface area contributed by atoms with Crippen molar-refractivity contribution in [2.75, 3.05) is 13.1 Å². The molecule has 0 radical (unpaired) electrons. The molecule has 1 amide bonds. The van der Waals surface area contributed by atoms with Gasteiger partial charge in [0.25, 0.3) is 0 Å². The van der Waals surface area contributed by atoms with Gasteiger partial charge in [0.2, 0.25) is 0 Å². The fraction of sp³-hybridized carbons (Fsp3) is 0.333. The quantitative estimate of drug-likeness (QED) is 0.692. The average Bonchev–Trinajstić information content (AvgIpc) is 3.29. The van der Waals surface area contributed by atoms with E-state index in [1.807, 2.05) is 34.4 Å². The Morgan fingerprint density at radius 2 is 2.00 bits per heavy atom. The van der Waals surface area contributed by atoms with Crippen LogP contribution in [0.25, 0.3) is 10.1 Å². The molecule has 0 saturated carbocycles. The molecule has 0 N–H and O–H groups in total. The fourth-order valence-corrected chi connectivity index (χ4v) is 5.27. The summed E-state index contributed by atoms with van der Waals surface area (Å²) in [6, 6.07) is 14.5. The second-order valence-corrected chi connectivity index (χ2v) is 8.52. The maximum atomic E-state index is 12.3. The number of carbonyl (C=O) groups is 1.